The zero-order chi connectivity index (χ0) is 15.4. The molecule has 1 aromatic rings. The molecule has 0 amide bonds. The van der Waals surface area contributed by atoms with E-state index in [1.807, 2.05) is 0 Å². The molecule has 2 rings (SSSR count). The van der Waals surface area contributed by atoms with Gasteiger partial charge in [-0.1, -0.05) is 36.8 Å². The Kier molecular flexibility index (Phi) is 5.80. The van der Waals surface area contributed by atoms with E-state index in [1.54, 1.807) is 0 Å². The molecule has 3 heteroatoms. The zero-order valence-electron chi connectivity index (χ0n) is 14.0. The zero-order valence-corrected chi connectivity index (χ0v) is 14.0. The number of hydrogen-bond donors (Lipinski definition) is 1. The molecule has 0 aliphatic carbocycles. The third-order valence-electron chi connectivity index (χ3n) is 4.84. The third-order valence-corrected chi connectivity index (χ3v) is 4.84. The normalized spacial score (nSPS) is 22.0. The van der Waals surface area contributed by atoms with Crippen LogP contribution in [0.25, 0.3) is 0 Å². The molecular weight excluding hydrogens is 258 g/mol. The predicted octanol–water partition coefficient (Wildman–Crippen LogP) is 2.80. The van der Waals surface area contributed by atoms with E-state index in [9.17, 15) is 0 Å². The lowest BCUT2D eigenvalue weighted by Gasteiger charge is -2.42. The number of hydrogen-bond acceptors (Lipinski definition) is 3. The number of aryl methyl sites for hydroxylation is 1. The van der Waals surface area contributed by atoms with Crippen LogP contribution in [0.4, 0.5) is 0 Å². The highest BCUT2D eigenvalue weighted by Crippen LogP contribution is 2.26. The van der Waals surface area contributed by atoms with E-state index in [-0.39, 0.29) is 6.04 Å². The van der Waals surface area contributed by atoms with Crippen LogP contribution in [-0.4, -0.2) is 48.1 Å². The van der Waals surface area contributed by atoms with Crippen molar-refractivity contribution in [3.05, 3.63) is 35.4 Å². The summed E-state index contributed by atoms with van der Waals surface area (Å²) in [5.41, 5.74) is 8.99. The smallest absolute Gasteiger partial charge is 0.0497 e. The molecule has 0 spiro atoms. The Hall–Kier alpha value is -0.900. The van der Waals surface area contributed by atoms with Crippen LogP contribution in [0.1, 0.15) is 44.4 Å². The van der Waals surface area contributed by atoms with Crippen molar-refractivity contribution in [1.82, 2.24) is 9.80 Å². The summed E-state index contributed by atoms with van der Waals surface area (Å²) in [6, 6.07) is 10.0. The number of nitrogens with zero attached hydrogens (tertiary/aromatic N) is 2. The van der Waals surface area contributed by atoms with Crippen LogP contribution in [0.2, 0.25) is 0 Å². The monoisotopic (exact) mass is 289 g/mol. The highest BCUT2D eigenvalue weighted by Gasteiger charge is 2.28. The summed E-state index contributed by atoms with van der Waals surface area (Å²) in [5, 5.41) is 0. The first-order chi connectivity index (χ1) is 10.0. The Labute approximate surface area is 130 Å². The van der Waals surface area contributed by atoms with Crippen LogP contribution < -0.4 is 5.73 Å². The van der Waals surface area contributed by atoms with Crippen molar-refractivity contribution in [3.8, 4) is 0 Å². The first kappa shape index (κ1) is 16.5. The topological polar surface area (TPSA) is 32.5 Å². The number of nitrogens with two attached hydrogens (primary N) is 1. The molecule has 1 fully saturated rings. The number of rotatable bonds is 5. The number of benzene rings is 1. The molecular formula is C18H31N3. The van der Waals surface area contributed by atoms with Gasteiger partial charge in [0.25, 0.3) is 0 Å². The fourth-order valence-corrected chi connectivity index (χ4v) is 3.42. The fraction of sp³-hybridized carbons (Fsp3) is 0.667. The van der Waals surface area contributed by atoms with Crippen molar-refractivity contribution >= 4 is 0 Å². The van der Waals surface area contributed by atoms with Crippen molar-refractivity contribution in [2.45, 2.75) is 52.2 Å². The molecule has 3 unspecified atom stereocenters. The van der Waals surface area contributed by atoms with Crippen LogP contribution in [-0.2, 0) is 0 Å². The van der Waals surface area contributed by atoms with Gasteiger partial charge in [0.1, 0.15) is 0 Å². The average Bonchev–Trinajstić information content (AvgIpc) is 2.47. The van der Waals surface area contributed by atoms with E-state index < -0.39 is 0 Å². The van der Waals surface area contributed by atoms with Gasteiger partial charge < -0.3 is 5.73 Å². The minimum Gasteiger partial charge on any atom is -0.326 e. The van der Waals surface area contributed by atoms with Gasteiger partial charge in [0.2, 0.25) is 0 Å². The van der Waals surface area contributed by atoms with Crippen LogP contribution >= 0.6 is 0 Å². The van der Waals surface area contributed by atoms with Crippen molar-refractivity contribution < 1.29 is 0 Å². The maximum Gasteiger partial charge on any atom is 0.0497 e. The first-order valence-corrected chi connectivity index (χ1v) is 8.33. The van der Waals surface area contributed by atoms with Gasteiger partial charge in [0, 0.05) is 44.3 Å². The average molecular weight is 289 g/mol. The molecule has 3 atom stereocenters. The van der Waals surface area contributed by atoms with Crippen molar-refractivity contribution in [1.29, 1.82) is 0 Å². The first-order valence-electron chi connectivity index (χ1n) is 8.33. The van der Waals surface area contributed by atoms with E-state index in [4.69, 9.17) is 5.73 Å². The van der Waals surface area contributed by atoms with Gasteiger partial charge in [0.05, 0.1) is 0 Å². The fourth-order valence-electron chi connectivity index (χ4n) is 3.42. The second-order valence-electron chi connectivity index (χ2n) is 6.55. The van der Waals surface area contributed by atoms with Gasteiger partial charge in [-0.3, -0.25) is 9.80 Å². The summed E-state index contributed by atoms with van der Waals surface area (Å²) in [5.74, 6) is 0. The molecule has 1 saturated heterocycles. The Bertz CT molecular complexity index is 436. The summed E-state index contributed by atoms with van der Waals surface area (Å²) < 4.78 is 0. The molecule has 118 valence electrons. The lowest BCUT2D eigenvalue weighted by Crippen LogP contribution is -2.52. The molecule has 0 aromatic heterocycles. The largest absolute Gasteiger partial charge is 0.326 e. The van der Waals surface area contributed by atoms with E-state index >= 15 is 0 Å². The molecule has 1 aromatic carbocycles. The second kappa shape index (κ2) is 7.39. The van der Waals surface area contributed by atoms with E-state index in [0.29, 0.717) is 12.1 Å². The van der Waals surface area contributed by atoms with Gasteiger partial charge in [-0.05, 0) is 32.8 Å². The van der Waals surface area contributed by atoms with Crippen molar-refractivity contribution in [2.75, 3.05) is 26.2 Å². The van der Waals surface area contributed by atoms with Gasteiger partial charge in [-0.15, -0.1) is 0 Å². The Balaban J connectivity index is 2.07. The molecule has 0 saturated carbocycles. The van der Waals surface area contributed by atoms with Crippen LogP contribution in [0, 0.1) is 6.92 Å². The van der Waals surface area contributed by atoms with E-state index in [1.165, 1.54) is 17.5 Å². The molecule has 21 heavy (non-hydrogen) atoms. The highest BCUT2D eigenvalue weighted by molar-refractivity contribution is 5.26. The third kappa shape index (κ3) is 4.06. The SMILES string of the molecule is CCC(C)N1CCN(C(c2cccc(C)c2)C(C)N)CC1. The Morgan fingerprint density at radius 2 is 1.71 bits per heavy atom. The van der Waals surface area contributed by atoms with Crippen LogP contribution in [0.15, 0.2) is 24.3 Å². The number of piperazine rings is 1. The highest BCUT2D eigenvalue weighted by atomic mass is 15.3. The van der Waals surface area contributed by atoms with Crippen molar-refractivity contribution in [2.24, 2.45) is 5.73 Å². The van der Waals surface area contributed by atoms with E-state index in [2.05, 4.69) is 61.8 Å². The lowest BCUT2D eigenvalue weighted by molar-refractivity contribution is 0.0653. The lowest BCUT2D eigenvalue weighted by atomic mass is 9.97. The molecule has 1 aliphatic rings. The maximum atomic E-state index is 6.31. The van der Waals surface area contributed by atoms with Crippen LogP contribution in [0.5, 0.6) is 0 Å². The Morgan fingerprint density at radius 1 is 1.10 bits per heavy atom. The quantitative estimate of drug-likeness (QED) is 0.904. The van der Waals surface area contributed by atoms with E-state index in [0.717, 1.165) is 26.2 Å². The molecule has 2 N–H and O–H groups in total. The molecule has 1 aliphatic heterocycles. The summed E-state index contributed by atoms with van der Waals surface area (Å²) in [6.07, 6.45) is 1.23. The van der Waals surface area contributed by atoms with Crippen molar-refractivity contribution in [3.63, 3.8) is 0 Å². The molecule has 3 nitrogen and oxygen atoms in total. The standard InChI is InChI=1S/C18H31N3/c1-5-15(3)20-9-11-21(12-10-20)18(16(4)19)17-8-6-7-14(2)13-17/h6-8,13,15-16,18H,5,9-12,19H2,1-4H3. The van der Waals surface area contributed by atoms with Gasteiger partial charge in [-0.25, -0.2) is 0 Å². The second-order valence-corrected chi connectivity index (χ2v) is 6.55. The summed E-state index contributed by atoms with van der Waals surface area (Å²) in [4.78, 5) is 5.17. The molecule has 1 heterocycles. The molecule has 0 radical (unpaired) electrons. The van der Waals surface area contributed by atoms with Gasteiger partial charge >= 0.3 is 0 Å². The summed E-state index contributed by atoms with van der Waals surface area (Å²) >= 11 is 0. The van der Waals surface area contributed by atoms with Gasteiger partial charge in [-0.2, -0.15) is 0 Å². The summed E-state index contributed by atoms with van der Waals surface area (Å²) in [7, 11) is 0. The Morgan fingerprint density at radius 3 is 2.24 bits per heavy atom. The molecule has 0 bridgehead atoms. The van der Waals surface area contributed by atoms with Gasteiger partial charge in [0.15, 0.2) is 0 Å². The maximum absolute atomic E-state index is 6.31. The minimum absolute atomic E-state index is 0.155. The minimum atomic E-state index is 0.155. The predicted molar refractivity (Wildman–Crippen MR) is 90.5 cm³/mol. The van der Waals surface area contributed by atoms with Crippen LogP contribution in [0.3, 0.4) is 0 Å². The summed E-state index contributed by atoms with van der Waals surface area (Å²) in [6.45, 7) is 13.4.